The third-order valence-corrected chi connectivity index (χ3v) is 3.17. The zero-order chi connectivity index (χ0) is 12.0. The smallest absolute Gasteiger partial charge is 0.243 e. The van der Waals surface area contributed by atoms with Crippen LogP contribution in [-0.4, -0.2) is 23.9 Å². The first-order chi connectivity index (χ1) is 7.60. The lowest BCUT2D eigenvalue weighted by atomic mass is 9.81. The van der Waals surface area contributed by atoms with Gasteiger partial charge in [0.1, 0.15) is 5.54 Å². The molecule has 0 aromatic heterocycles. The lowest BCUT2D eigenvalue weighted by Gasteiger charge is -2.35. The molecular weight excluding hydrogens is 242 g/mol. The van der Waals surface area contributed by atoms with Gasteiger partial charge in [0.05, 0.1) is 0 Å². The molecule has 0 aromatic carbocycles. The van der Waals surface area contributed by atoms with E-state index in [2.05, 4.69) is 5.32 Å². The van der Waals surface area contributed by atoms with Gasteiger partial charge in [-0.2, -0.15) is 0 Å². The Bertz CT molecular complexity index is 265. The van der Waals surface area contributed by atoms with Gasteiger partial charge in [0.15, 0.2) is 0 Å². The third-order valence-electron chi connectivity index (χ3n) is 3.17. The standard InChI is InChI=1S/C11H21N3O2.ClH/c12-8-4-5-9(15)14-11(10(13)16)6-2-1-3-7-11;/h1-8,12H2,(H2,13,16)(H,14,15);1H. The molecule has 1 saturated carbocycles. The summed E-state index contributed by atoms with van der Waals surface area (Å²) < 4.78 is 0. The molecule has 1 fully saturated rings. The predicted octanol–water partition coefficient (Wildman–Crippen LogP) is 0.451. The van der Waals surface area contributed by atoms with Crippen molar-refractivity contribution in [3.05, 3.63) is 0 Å². The highest BCUT2D eigenvalue weighted by Crippen LogP contribution is 2.28. The number of nitrogens with one attached hydrogen (secondary N) is 1. The van der Waals surface area contributed by atoms with Gasteiger partial charge in [0, 0.05) is 6.42 Å². The molecule has 1 aliphatic carbocycles. The number of primary amides is 1. The van der Waals surface area contributed by atoms with Crippen molar-refractivity contribution in [2.24, 2.45) is 11.5 Å². The Kier molecular flexibility index (Phi) is 7.15. The molecule has 6 heteroatoms. The number of rotatable bonds is 5. The average Bonchev–Trinajstić information content (AvgIpc) is 2.27. The SMILES string of the molecule is Cl.NCCCC(=O)NC1(C(N)=O)CCCCC1. The Hall–Kier alpha value is -0.810. The van der Waals surface area contributed by atoms with Crippen LogP contribution in [0.5, 0.6) is 0 Å². The molecule has 5 nitrogen and oxygen atoms in total. The van der Waals surface area contributed by atoms with Crippen molar-refractivity contribution < 1.29 is 9.59 Å². The monoisotopic (exact) mass is 263 g/mol. The Morgan fingerprint density at radius 3 is 2.24 bits per heavy atom. The van der Waals surface area contributed by atoms with Crippen molar-refractivity contribution in [1.29, 1.82) is 0 Å². The van der Waals surface area contributed by atoms with Crippen LogP contribution in [0, 0.1) is 0 Å². The van der Waals surface area contributed by atoms with Gasteiger partial charge >= 0.3 is 0 Å². The molecular formula is C11H22ClN3O2. The van der Waals surface area contributed by atoms with E-state index in [4.69, 9.17) is 11.5 Å². The fourth-order valence-electron chi connectivity index (χ4n) is 2.18. The summed E-state index contributed by atoms with van der Waals surface area (Å²) in [5, 5.41) is 2.80. The average molecular weight is 264 g/mol. The van der Waals surface area contributed by atoms with Gasteiger partial charge in [-0.05, 0) is 25.8 Å². The second-order valence-electron chi connectivity index (χ2n) is 4.45. The minimum Gasteiger partial charge on any atom is -0.368 e. The number of carbonyl (C=O) groups excluding carboxylic acids is 2. The fraction of sp³-hybridized carbons (Fsp3) is 0.818. The number of hydrogen-bond donors (Lipinski definition) is 3. The van der Waals surface area contributed by atoms with Gasteiger partial charge in [0.25, 0.3) is 0 Å². The van der Waals surface area contributed by atoms with Gasteiger partial charge < -0.3 is 16.8 Å². The molecule has 0 heterocycles. The van der Waals surface area contributed by atoms with Crippen LogP contribution in [0.1, 0.15) is 44.9 Å². The Morgan fingerprint density at radius 2 is 1.76 bits per heavy atom. The van der Waals surface area contributed by atoms with E-state index in [0.29, 0.717) is 32.2 Å². The van der Waals surface area contributed by atoms with Crippen molar-refractivity contribution in [2.45, 2.75) is 50.5 Å². The first-order valence-electron chi connectivity index (χ1n) is 5.92. The quantitative estimate of drug-likeness (QED) is 0.672. The molecule has 0 saturated heterocycles. The molecule has 0 spiro atoms. The normalized spacial score (nSPS) is 17.9. The van der Waals surface area contributed by atoms with Crippen LogP contribution in [-0.2, 0) is 9.59 Å². The molecule has 0 aliphatic heterocycles. The van der Waals surface area contributed by atoms with E-state index in [1.807, 2.05) is 0 Å². The number of halogens is 1. The molecule has 0 bridgehead atoms. The molecule has 2 amide bonds. The Balaban J connectivity index is 0.00000256. The zero-order valence-electron chi connectivity index (χ0n) is 10.0. The Morgan fingerprint density at radius 1 is 1.18 bits per heavy atom. The zero-order valence-corrected chi connectivity index (χ0v) is 10.9. The second kappa shape index (κ2) is 7.50. The van der Waals surface area contributed by atoms with Crippen LogP contribution in [0.15, 0.2) is 0 Å². The summed E-state index contributed by atoms with van der Waals surface area (Å²) in [5.41, 5.74) is 9.93. The van der Waals surface area contributed by atoms with Crippen LogP contribution in [0.2, 0.25) is 0 Å². The largest absolute Gasteiger partial charge is 0.368 e. The summed E-state index contributed by atoms with van der Waals surface area (Å²) in [6, 6.07) is 0. The topological polar surface area (TPSA) is 98.2 Å². The van der Waals surface area contributed by atoms with Crippen LogP contribution in [0.25, 0.3) is 0 Å². The summed E-state index contributed by atoms with van der Waals surface area (Å²) in [6.07, 6.45) is 5.33. The molecule has 5 N–H and O–H groups in total. The molecule has 17 heavy (non-hydrogen) atoms. The van der Waals surface area contributed by atoms with Crippen molar-refractivity contribution in [1.82, 2.24) is 5.32 Å². The number of hydrogen-bond acceptors (Lipinski definition) is 3. The van der Waals surface area contributed by atoms with E-state index < -0.39 is 11.4 Å². The van der Waals surface area contributed by atoms with Gasteiger partial charge in [-0.15, -0.1) is 12.4 Å². The van der Waals surface area contributed by atoms with Crippen molar-refractivity contribution in [2.75, 3.05) is 6.54 Å². The first kappa shape index (κ1) is 16.2. The maximum atomic E-state index is 11.6. The van der Waals surface area contributed by atoms with Gasteiger partial charge in [-0.1, -0.05) is 19.3 Å². The highest BCUT2D eigenvalue weighted by Gasteiger charge is 2.38. The van der Waals surface area contributed by atoms with Gasteiger partial charge in [-0.3, -0.25) is 9.59 Å². The molecule has 1 rings (SSSR count). The fourth-order valence-corrected chi connectivity index (χ4v) is 2.18. The van der Waals surface area contributed by atoms with Crippen LogP contribution < -0.4 is 16.8 Å². The van der Waals surface area contributed by atoms with Gasteiger partial charge in [0.2, 0.25) is 11.8 Å². The number of amides is 2. The maximum absolute atomic E-state index is 11.6. The summed E-state index contributed by atoms with van der Waals surface area (Å²) in [7, 11) is 0. The molecule has 0 atom stereocenters. The molecule has 0 aromatic rings. The third kappa shape index (κ3) is 4.52. The van der Waals surface area contributed by atoms with Crippen molar-refractivity contribution in [3.63, 3.8) is 0 Å². The summed E-state index contributed by atoms with van der Waals surface area (Å²) in [5.74, 6) is -0.528. The first-order valence-corrected chi connectivity index (χ1v) is 5.92. The summed E-state index contributed by atoms with van der Waals surface area (Å²) in [6.45, 7) is 0.483. The van der Waals surface area contributed by atoms with Crippen molar-refractivity contribution >= 4 is 24.2 Å². The number of nitrogens with two attached hydrogens (primary N) is 2. The maximum Gasteiger partial charge on any atom is 0.243 e. The van der Waals surface area contributed by atoms with Crippen LogP contribution in [0.4, 0.5) is 0 Å². The second-order valence-corrected chi connectivity index (χ2v) is 4.45. The number of carbonyl (C=O) groups is 2. The van der Waals surface area contributed by atoms with Crippen molar-refractivity contribution in [3.8, 4) is 0 Å². The Labute approximate surface area is 108 Å². The molecule has 0 unspecified atom stereocenters. The van der Waals surface area contributed by atoms with E-state index in [0.717, 1.165) is 19.3 Å². The van der Waals surface area contributed by atoms with E-state index in [9.17, 15) is 9.59 Å². The van der Waals surface area contributed by atoms with E-state index in [-0.39, 0.29) is 18.3 Å². The minimum atomic E-state index is -0.802. The lowest BCUT2D eigenvalue weighted by Crippen LogP contribution is -2.58. The molecule has 0 radical (unpaired) electrons. The van der Waals surface area contributed by atoms with Crippen LogP contribution in [0.3, 0.4) is 0 Å². The predicted molar refractivity (Wildman–Crippen MR) is 68.7 cm³/mol. The highest BCUT2D eigenvalue weighted by molar-refractivity contribution is 5.90. The van der Waals surface area contributed by atoms with E-state index in [1.54, 1.807) is 0 Å². The summed E-state index contributed by atoms with van der Waals surface area (Å²) >= 11 is 0. The molecule has 100 valence electrons. The highest BCUT2D eigenvalue weighted by atomic mass is 35.5. The van der Waals surface area contributed by atoms with Crippen LogP contribution >= 0.6 is 12.4 Å². The lowest BCUT2D eigenvalue weighted by molar-refractivity contribution is -0.133. The summed E-state index contributed by atoms with van der Waals surface area (Å²) in [4.78, 5) is 23.1. The molecule has 1 aliphatic rings. The minimum absolute atomic E-state index is 0. The van der Waals surface area contributed by atoms with E-state index >= 15 is 0 Å². The van der Waals surface area contributed by atoms with E-state index in [1.165, 1.54) is 0 Å². The van der Waals surface area contributed by atoms with Gasteiger partial charge in [-0.25, -0.2) is 0 Å².